The maximum absolute atomic E-state index is 13.1. The highest BCUT2D eigenvalue weighted by Crippen LogP contribution is 2.20. The van der Waals surface area contributed by atoms with E-state index >= 15 is 0 Å². The van der Waals surface area contributed by atoms with E-state index in [1.54, 1.807) is 24.3 Å². The predicted octanol–water partition coefficient (Wildman–Crippen LogP) is 7.46. The van der Waals surface area contributed by atoms with E-state index in [2.05, 4.69) is 20.8 Å². The van der Waals surface area contributed by atoms with Gasteiger partial charge in [-0.15, -0.1) is 0 Å². The Morgan fingerprint density at radius 1 is 0.649 bits per heavy atom. The van der Waals surface area contributed by atoms with Crippen LogP contribution in [0.4, 0.5) is 0 Å². The molecule has 5 heteroatoms. The molecule has 0 heterocycles. The molecule has 0 fully saturated rings. The van der Waals surface area contributed by atoms with Crippen molar-refractivity contribution in [2.75, 3.05) is 32.8 Å². The van der Waals surface area contributed by atoms with Gasteiger partial charge in [0.05, 0.1) is 30.8 Å². The van der Waals surface area contributed by atoms with Crippen molar-refractivity contribution >= 4 is 11.9 Å². The van der Waals surface area contributed by atoms with Crippen LogP contribution in [0, 0.1) is 0 Å². The summed E-state index contributed by atoms with van der Waals surface area (Å²) in [5, 5.41) is 0. The highest BCUT2D eigenvalue weighted by molar-refractivity contribution is 5.90. The van der Waals surface area contributed by atoms with Crippen LogP contribution in [0.2, 0.25) is 0 Å². The van der Waals surface area contributed by atoms with Crippen LogP contribution < -0.4 is 0 Å². The Balaban J connectivity index is 2.26. The van der Waals surface area contributed by atoms with Gasteiger partial charge in [-0.1, -0.05) is 76.4 Å². The first-order valence-electron chi connectivity index (χ1n) is 14.4. The summed E-state index contributed by atoms with van der Waals surface area (Å²) in [4.78, 5) is 25.8. The molecule has 0 bridgehead atoms. The number of rotatable bonds is 19. The van der Waals surface area contributed by atoms with Crippen molar-refractivity contribution in [2.45, 2.75) is 84.7 Å². The molecule has 0 aliphatic rings. The molecule has 2 aromatic rings. The molecule has 0 saturated heterocycles. The third-order valence-electron chi connectivity index (χ3n) is 6.99. The van der Waals surface area contributed by atoms with Gasteiger partial charge in [-0.05, 0) is 62.8 Å². The van der Waals surface area contributed by atoms with Crippen molar-refractivity contribution in [3.05, 3.63) is 71.8 Å². The van der Waals surface area contributed by atoms with Crippen LogP contribution in [-0.2, 0) is 9.47 Å². The van der Waals surface area contributed by atoms with Crippen LogP contribution in [0.1, 0.15) is 99.3 Å². The highest BCUT2D eigenvalue weighted by Gasteiger charge is 2.33. The van der Waals surface area contributed by atoms with E-state index in [0.717, 1.165) is 43.4 Å². The lowest BCUT2D eigenvalue weighted by Crippen LogP contribution is -2.55. The van der Waals surface area contributed by atoms with Crippen molar-refractivity contribution in [1.29, 1.82) is 0 Å². The van der Waals surface area contributed by atoms with Gasteiger partial charge in [0, 0.05) is 0 Å². The van der Waals surface area contributed by atoms with E-state index in [-0.39, 0.29) is 18.5 Å². The zero-order chi connectivity index (χ0) is 26.8. The monoisotopic (exact) mass is 510 g/mol. The fourth-order valence-electron chi connectivity index (χ4n) is 4.88. The van der Waals surface area contributed by atoms with Gasteiger partial charge in [-0.25, -0.2) is 9.59 Å². The minimum Gasteiger partial charge on any atom is -0.458 e. The summed E-state index contributed by atoms with van der Waals surface area (Å²) in [6, 6.07) is 18.1. The number of ether oxygens (including phenoxy) is 2. The third kappa shape index (κ3) is 11.5. The molecule has 5 nitrogen and oxygen atoms in total. The van der Waals surface area contributed by atoms with Gasteiger partial charge in [-0.3, -0.25) is 0 Å². The second-order valence-electron chi connectivity index (χ2n) is 10.2. The van der Waals surface area contributed by atoms with Crippen LogP contribution in [-0.4, -0.2) is 55.3 Å². The summed E-state index contributed by atoms with van der Waals surface area (Å²) >= 11 is 0. The standard InChI is InChI=1S/C32H48NO4/c1-4-7-16-23-33(24-17-8-5-2,25-18-9-6-3)26-30(37-32(35)29-21-14-11-15-22-29)27-36-31(34)28-19-12-10-13-20-28/h10-15,19-22,30H,4-9,16-18,23-27H2,1-3H3/q+1. The van der Waals surface area contributed by atoms with Crippen molar-refractivity contribution in [3.63, 3.8) is 0 Å². The Morgan fingerprint density at radius 2 is 1.08 bits per heavy atom. The summed E-state index contributed by atoms with van der Waals surface area (Å²) in [5.41, 5.74) is 1.02. The van der Waals surface area contributed by atoms with Crippen LogP contribution in [0.3, 0.4) is 0 Å². The molecule has 2 aromatic carbocycles. The molecular weight excluding hydrogens is 462 g/mol. The second-order valence-corrected chi connectivity index (χ2v) is 10.2. The first-order valence-corrected chi connectivity index (χ1v) is 14.4. The molecule has 0 N–H and O–H groups in total. The number of carbonyl (C=O) groups is 2. The van der Waals surface area contributed by atoms with Gasteiger partial charge >= 0.3 is 11.9 Å². The topological polar surface area (TPSA) is 52.6 Å². The molecule has 37 heavy (non-hydrogen) atoms. The Bertz CT molecular complexity index is 858. The second kappa shape index (κ2) is 17.7. The normalized spacial score (nSPS) is 12.2. The quantitative estimate of drug-likeness (QED) is 0.112. The molecule has 0 aromatic heterocycles. The molecule has 2 rings (SSSR count). The van der Waals surface area contributed by atoms with E-state index in [0.29, 0.717) is 17.7 Å². The van der Waals surface area contributed by atoms with Crippen molar-refractivity contribution in [1.82, 2.24) is 0 Å². The zero-order valence-corrected chi connectivity index (χ0v) is 23.3. The maximum Gasteiger partial charge on any atom is 0.338 e. The maximum atomic E-state index is 13.1. The van der Waals surface area contributed by atoms with Gasteiger partial charge in [0.25, 0.3) is 0 Å². The number of hydrogen-bond acceptors (Lipinski definition) is 4. The minimum absolute atomic E-state index is 0.0572. The van der Waals surface area contributed by atoms with Crippen LogP contribution in [0.5, 0.6) is 0 Å². The van der Waals surface area contributed by atoms with Crippen LogP contribution >= 0.6 is 0 Å². The molecule has 0 radical (unpaired) electrons. The van der Waals surface area contributed by atoms with Gasteiger partial charge in [-0.2, -0.15) is 0 Å². The fraction of sp³-hybridized carbons (Fsp3) is 0.562. The molecule has 0 spiro atoms. The number of hydrogen-bond donors (Lipinski definition) is 0. The summed E-state index contributed by atoms with van der Waals surface area (Å²) < 4.78 is 12.7. The molecule has 1 atom stereocenters. The lowest BCUT2D eigenvalue weighted by Gasteiger charge is -2.41. The van der Waals surface area contributed by atoms with Gasteiger partial charge < -0.3 is 14.0 Å². The number of benzene rings is 2. The summed E-state index contributed by atoms with van der Waals surface area (Å²) in [7, 11) is 0. The summed E-state index contributed by atoms with van der Waals surface area (Å²) in [5.74, 6) is -0.752. The molecule has 1 unspecified atom stereocenters. The number of carbonyl (C=O) groups excluding carboxylic acids is 2. The number of unbranched alkanes of at least 4 members (excludes halogenated alkanes) is 6. The summed E-state index contributed by atoms with van der Waals surface area (Å²) in [6.07, 6.45) is 10.0. The van der Waals surface area contributed by atoms with Crippen molar-refractivity contribution in [2.24, 2.45) is 0 Å². The Labute approximate surface area is 224 Å². The average molecular weight is 511 g/mol. The first kappa shape index (κ1) is 30.6. The van der Waals surface area contributed by atoms with E-state index in [1.165, 1.54) is 38.5 Å². The van der Waals surface area contributed by atoms with Crippen molar-refractivity contribution < 1.29 is 23.5 Å². The third-order valence-corrected chi connectivity index (χ3v) is 6.99. The van der Waals surface area contributed by atoms with E-state index in [1.807, 2.05) is 36.4 Å². The lowest BCUT2D eigenvalue weighted by atomic mass is 10.1. The molecule has 0 aliphatic carbocycles. The smallest absolute Gasteiger partial charge is 0.338 e. The molecule has 0 aliphatic heterocycles. The Morgan fingerprint density at radius 3 is 1.51 bits per heavy atom. The van der Waals surface area contributed by atoms with Crippen LogP contribution in [0.15, 0.2) is 60.7 Å². The molecule has 0 amide bonds. The Kier molecular flexibility index (Phi) is 14.7. The largest absolute Gasteiger partial charge is 0.458 e. The predicted molar refractivity (Wildman–Crippen MR) is 151 cm³/mol. The minimum atomic E-state index is -0.509. The SMILES string of the molecule is CCCCC[N+](CCCCC)(CCCCC)CC(COC(=O)c1ccccc1)OC(=O)c1ccccc1. The number of quaternary nitrogens is 1. The van der Waals surface area contributed by atoms with E-state index in [9.17, 15) is 9.59 Å². The lowest BCUT2D eigenvalue weighted by molar-refractivity contribution is -0.931. The van der Waals surface area contributed by atoms with E-state index in [4.69, 9.17) is 9.47 Å². The molecular formula is C32H48NO4+. The zero-order valence-electron chi connectivity index (χ0n) is 23.3. The van der Waals surface area contributed by atoms with Crippen molar-refractivity contribution in [3.8, 4) is 0 Å². The van der Waals surface area contributed by atoms with Crippen LogP contribution in [0.25, 0.3) is 0 Å². The first-order chi connectivity index (χ1) is 18.0. The highest BCUT2D eigenvalue weighted by atomic mass is 16.6. The van der Waals surface area contributed by atoms with Gasteiger partial charge in [0.1, 0.15) is 13.2 Å². The number of nitrogens with zero attached hydrogens (tertiary/aromatic N) is 1. The molecule has 204 valence electrons. The Hall–Kier alpha value is -2.66. The average Bonchev–Trinajstić information content (AvgIpc) is 2.93. The van der Waals surface area contributed by atoms with Gasteiger partial charge in [0.2, 0.25) is 0 Å². The van der Waals surface area contributed by atoms with E-state index < -0.39 is 6.10 Å². The summed E-state index contributed by atoms with van der Waals surface area (Å²) in [6.45, 7) is 10.6. The van der Waals surface area contributed by atoms with Gasteiger partial charge in [0.15, 0.2) is 6.10 Å². The number of esters is 2. The fourth-order valence-corrected chi connectivity index (χ4v) is 4.88. The molecule has 0 saturated carbocycles.